The molecule has 1 N–H and O–H groups in total. The summed E-state index contributed by atoms with van der Waals surface area (Å²) in [5, 5.41) is 13.8. The van der Waals surface area contributed by atoms with E-state index in [2.05, 4.69) is 34.5 Å². The zero-order valence-corrected chi connectivity index (χ0v) is 13.8. The van der Waals surface area contributed by atoms with Crippen molar-refractivity contribution >= 4 is 21.4 Å². The average molecular weight is 317 g/mol. The molecule has 2 fully saturated rings. The molecule has 1 aromatic heterocycles. The van der Waals surface area contributed by atoms with E-state index in [0.717, 1.165) is 38.8 Å². The number of fused-ring (bicyclic) bond motifs is 2. The highest BCUT2D eigenvalue weighted by Gasteiger charge is 2.50. The fraction of sp³-hybridized carbons (Fsp3) is 0.556. The van der Waals surface area contributed by atoms with Gasteiger partial charge in [0.2, 0.25) is 0 Å². The molecule has 4 rings (SSSR count). The highest BCUT2D eigenvalue weighted by molar-refractivity contribution is 7.17. The van der Waals surface area contributed by atoms with E-state index < -0.39 is 0 Å². The topological polar surface area (TPSA) is 32.7 Å². The van der Waals surface area contributed by atoms with Gasteiger partial charge in [0, 0.05) is 30.9 Å². The first kappa shape index (κ1) is 14.6. The molecule has 4 heteroatoms. The van der Waals surface area contributed by atoms with Crippen molar-refractivity contribution in [2.75, 3.05) is 13.7 Å². The maximum Gasteiger partial charge on any atom is 0.0847 e. The molecule has 0 bridgehead atoms. The molecular weight excluding hydrogens is 294 g/mol. The first-order chi connectivity index (χ1) is 10.7. The third-order valence-electron chi connectivity index (χ3n) is 5.61. The average Bonchev–Trinajstić information content (AvgIpc) is 3.11. The third-order valence-corrected chi connectivity index (χ3v) is 6.62. The highest BCUT2D eigenvalue weighted by atomic mass is 32.1. The van der Waals surface area contributed by atoms with E-state index in [4.69, 9.17) is 4.74 Å². The minimum atomic E-state index is -0.173. The van der Waals surface area contributed by atoms with Crippen LogP contribution in [0.15, 0.2) is 29.6 Å². The van der Waals surface area contributed by atoms with Crippen LogP contribution in [0, 0.1) is 0 Å². The predicted octanol–water partition coefficient (Wildman–Crippen LogP) is 3.41. The van der Waals surface area contributed by atoms with Crippen molar-refractivity contribution < 1.29 is 9.84 Å². The van der Waals surface area contributed by atoms with Crippen molar-refractivity contribution in [2.45, 2.75) is 50.0 Å². The van der Waals surface area contributed by atoms with Gasteiger partial charge >= 0.3 is 0 Å². The lowest BCUT2D eigenvalue weighted by atomic mass is 9.79. The van der Waals surface area contributed by atoms with Crippen LogP contribution in [0.3, 0.4) is 0 Å². The number of ether oxygens (including phenoxy) is 1. The summed E-state index contributed by atoms with van der Waals surface area (Å²) in [5.74, 6) is 0. The van der Waals surface area contributed by atoms with Crippen LogP contribution >= 0.6 is 11.3 Å². The maximum absolute atomic E-state index is 10.1. The van der Waals surface area contributed by atoms with Crippen LogP contribution in [-0.2, 0) is 11.3 Å². The van der Waals surface area contributed by atoms with Gasteiger partial charge in [0.25, 0.3) is 0 Å². The number of hydrogen-bond acceptors (Lipinski definition) is 4. The smallest absolute Gasteiger partial charge is 0.0847 e. The van der Waals surface area contributed by atoms with Crippen molar-refractivity contribution in [3.63, 3.8) is 0 Å². The number of methoxy groups -OCH3 is 1. The molecule has 3 atom stereocenters. The molecule has 1 saturated carbocycles. The molecule has 1 aromatic carbocycles. The van der Waals surface area contributed by atoms with E-state index in [1.165, 1.54) is 15.6 Å². The van der Waals surface area contributed by atoms with Crippen molar-refractivity contribution in [1.29, 1.82) is 0 Å². The van der Waals surface area contributed by atoms with Crippen LogP contribution in [0.5, 0.6) is 0 Å². The summed E-state index contributed by atoms with van der Waals surface area (Å²) in [6, 6.07) is 8.98. The van der Waals surface area contributed by atoms with Crippen LogP contribution < -0.4 is 0 Å². The van der Waals surface area contributed by atoms with E-state index >= 15 is 0 Å². The lowest BCUT2D eigenvalue weighted by Crippen LogP contribution is -2.51. The molecule has 0 amide bonds. The SMILES string of the molecule is CO[C@@]12CC[C@@H](O)C[C@@H]1N(Cc1csc3ccccc13)CC2. The Kier molecular flexibility index (Phi) is 3.73. The molecule has 0 unspecified atom stereocenters. The van der Waals surface area contributed by atoms with Gasteiger partial charge in [-0.3, -0.25) is 4.90 Å². The minimum Gasteiger partial charge on any atom is -0.393 e. The van der Waals surface area contributed by atoms with Crippen LogP contribution in [0.1, 0.15) is 31.2 Å². The predicted molar refractivity (Wildman–Crippen MR) is 90.2 cm³/mol. The van der Waals surface area contributed by atoms with Gasteiger partial charge in [-0.05, 0) is 48.1 Å². The Morgan fingerprint density at radius 1 is 1.36 bits per heavy atom. The monoisotopic (exact) mass is 317 g/mol. The van der Waals surface area contributed by atoms with Crippen molar-refractivity contribution in [3.8, 4) is 0 Å². The molecule has 2 aromatic rings. The number of hydrogen-bond donors (Lipinski definition) is 1. The molecule has 1 aliphatic carbocycles. The molecule has 3 nitrogen and oxygen atoms in total. The number of aliphatic hydroxyl groups excluding tert-OH is 1. The lowest BCUT2D eigenvalue weighted by Gasteiger charge is -2.42. The van der Waals surface area contributed by atoms with Crippen molar-refractivity contribution in [3.05, 3.63) is 35.2 Å². The number of rotatable bonds is 3. The largest absolute Gasteiger partial charge is 0.393 e. The van der Waals surface area contributed by atoms with E-state index in [9.17, 15) is 5.11 Å². The Balaban J connectivity index is 1.60. The van der Waals surface area contributed by atoms with Crippen LogP contribution in [0.2, 0.25) is 0 Å². The molecule has 22 heavy (non-hydrogen) atoms. The number of aliphatic hydroxyl groups is 1. The number of likely N-dealkylation sites (tertiary alicyclic amines) is 1. The third kappa shape index (κ3) is 2.29. The van der Waals surface area contributed by atoms with Crippen LogP contribution in [0.25, 0.3) is 10.1 Å². The Bertz CT molecular complexity index is 670. The van der Waals surface area contributed by atoms with Gasteiger partial charge < -0.3 is 9.84 Å². The first-order valence-electron chi connectivity index (χ1n) is 8.14. The normalized spacial score (nSPS) is 32.5. The summed E-state index contributed by atoms with van der Waals surface area (Å²) in [7, 11) is 1.84. The summed E-state index contributed by atoms with van der Waals surface area (Å²) in [4.78, 5) is 2.53. The summed E-state index contributed by atoms with van der Waals surface area (Å²) >= 11 is 1.82. The Labute approximate surface area is 135 Å². The zero-order chi connectivity index (χ0) is 15.2. The van der Waals surface area contributed by atoms with Crippen molar-refractivity contribution in [2.24, 2.45) is 0 Å². The molecule has 0 radical (unpaired) electrons. The minimum absolute atomic E-state index is 0.0367. The van der Waals surface area contributed by atoms with Gasteiger partial charge in [-0.25, -0.2) is 0 Å². The van der Waals surface area contributed by atoms with E-state index in [1.807, 2.05) is 18.4 Å². The highest BCUT2D eigenvalue weighted by Crippen LogP contribution is 2.43. The molecule has 118 valence electrons. The number of thiophene rings is 1. The quantitative estimate of drug-likeness (QED) is 0.942. The Hall–Kier alpha value is -0.940. The summed E-state index contributed by atoms with van der Waals surface area (Å²) in [6.45, 7) is 2.03. The lowest BCUT2D eigenvalue weighted by molar-refractivity contribution is -0.0878. The van der Waals surface area contributed by atoms with Crippen LogP contribution in [0.4, 0.5) is 0 Å². The molecule has 1 saturated heterocycles. The maximum atomic E-state index is 10.1. The molecule has 2 aliphatic rings. The number of nitrogens with zero attached hydrogens (tertiary/aromatic N) is 1. The Morgan fingerprint density at radius 3 is 3.09 bits per heavy atom. The van der Waals surface area contributed by atoms with Crippen molar-refractivity contribution in [1.82, 2.24) is 4.90 Å². The molecule has 0 spiro atoms. The van der Waals surface area contributed by atoms with Gasteiger partial charge in [-0.15, -0.1) is 11.3 Å². The summed E-state index contributed by atoms with van der Waals surface area (Å²) in [6.07, 6.45) is 3.61. The second-order valence-corrected chi connectivity index (χ2v) is 7.60. The molecule has 2 heterocycles. The Morgan fingerprint density at radius 2 is 2.23 bits per heavy atom. The van der Waals surface area contributed by atoms with E-state index in [-0.39, 0.29) is 11.7 Å². The second-order valence-electron chi connectivity index (χ2n) is 6.69. The van der Waals surface area contributed by atoms with E-state index in [0.29, 0.717) is 6.04 Å². The molecule has 1 aliphatic heterocycles. The second kappa shape index (κ2) is 5.60. The molecular formula is C18H23NO2S. The van der Waals surface area contributed by atoms with Gasteiger partial charge in [-0.1, -0.05) is 18.2 Å². The first-order valence-corrected chi connectivity index (χ1v) is 9.02. The number of benzene rings is 1. The summed E-state index contributed by atoms with van der Waals surface area (Å²) in [5.41, 5.74) is 1.37. The fourth-order valence-corrected chi connectivity index (χ4v) is 5.29. The van der Waals surface area contributed by atoms with Crippen LogP contribution in [-0.4, -0.2) is 41.4 Å². The van der Waals surface area contributed by atoms with Gasteiger partial charge in [0.15, 0.2) is 0 Å². The van der Waals surface area contributed by atoms with Gasteiger partial charge in [0.1, 0.15) is 0 Å². The van der Waals surface area contributed by atoms with E-state index in [1.54, 1.807) is 0 Å². The standard InChI is InChI=1S/C18H23NO2S/c1-21-18-7-6-14(20)10-17(18)19(9-8-18)11-13-12-22-16-5-3-2-4-15(13)16/h2-5,12,14,17,20H,6-11H2,1H3/t14-,17+,18-/m1/s1. The summed E-state index contributed by atoms with van der Waals surface area (Å²) < 4.78 is 7.30. The zero-order valence-electron chi connectivity index (χ0n) is 13.0. The van der Waals surface area contributed by atoms with Gasteiger partial charge in [-0.2, -0.15) is 0 Å². The fourth-order valence-electron chi connectivity index (χ4n) is 4.33. The van der Waals surface area contributed by atoms with Gasteiger partial charge in [0.05, 0.1) is 11.7 Å².